The van der Waals surface area contributed by atoms with Crippen molar-refractivity contribution in [2.45, 2.75) is 18.9 Å². The molecule has 0 aromatic heterocycles. The van der Waals surface area contributed by atoms with Gasteiger partial charge < -0.3 is 10.1 Å². The molecule has 0 radical (unpaired) electrons. The number of fused-ring (bicyclic) bond motifs is 2. The van der Waals surface area contributed by atoms with Gasteiger partial charge in [0.25, 0.3) is 5.91 Å². The van der Waals surface area contributed by atoms with E-state index < -0.39 is 11.5 Å². The molecule has 2 aliphatic rings. The van der Waals surface area contributed by atoms with Crippen molar-refractivity contribution in [1.82, 2.24) is 0 Å². The Morgan fingerprint density at radius 2 is 2.04 bits per heavy atom. The number of amides is 1. The lowest BCUT2D eigenvalue weighted by Gasteiger charge is -2.32. The van der Waals surface area contributed by atoms with Gasteiger partial charge in [0.05, 0.1) is 12.3 Å². The molecule has 132 valence electrons. The predicted octanol–water partition coefficient (Wildman–Crippen LogP) is 3.43. The molecule has 1 amide bonds. The van der Waals surface area contributed by atoms with E-state index in [0.29, 0.717) is 5.69 Å². The molecule has 2 heterocycles. The summed E-state index contributed by atoms with van der Waals surface area (Å²) in [6, 6.07) is 14.9. The van der Waals surface area contributed by atoms with Crippen molar-refractivity contribution < 1.29 is 14.3 Å². The topological polar surface area (TPSA) is 71.0 Å². The number of esters is 1. The first-order valence-corrected chi connectivity index (χ1v) is 9.07. The van der Waals surface area contributed by atoms with E-state index in [4.69, 9.17) is 4.74 Å². The fraction of sp³-hybridized carbons (Fsp3) is 0.211. The Hall–Kier alpha value is -2.67. The minimum absolute atomic E-state index is 0.141. The number of nitrogens with one attached hydrogen (secondary N) is 1. The highest BCUT2D eigenvalue weighted by Gasteiger charge is 2.58. The van der Waals surface area contributed by atoms with Crippen LogP contribution < -0.4 is 10.3 Å². The van der Waals surface area contributed by atoms with Crippen LogP contribution in [0.1, 0.15) is 18.9 Å². The van der Waals surface area contributed by atoms with E-state index in [1.54, 1.807) is 11.9 Å². The van der Waals surface area contributed by atoms with Crippen LogP contribution in [0.2, 0.25) is 0 Å². The second-order valence-corrected chi connectivity index (χ2v) is 6.92. The predicted molar refractivity (Wildman–Crippen MR) is 102 cm³/mol. The molecule has 2 aromatic rings. The van der Waals surface area contributed by atoms with Crippen molar-refractivity contribution in [2.24, 2.45) is 5.10 Å². The second-order valence-electron chi connectivity index (χ2n) is 6.07. The van der Waals surface area contributed by atoms with Crippen molar-refractivity contribution >= 4 is 44.9 Å². The van der Waals surface area contributed by atoms with E-state index in [9.17, 15) is 9.59 Å². The van der Waals surface area contributed by atoms with Gasteiger partial charge in [0.2, 0.25) is 0 Å². The highest BCUT2D eigenvalue weighted by molar-refractivity contribution is 9.10. The molecule has 0 bridgehead atoms. The first-order chi connectivity index (χ1) is 12.6. The first-order valence-electron chi connectivity index (χ1n) is 8.28. The molecular formula is C19H16BrN3O3. The Kier molecular flexibility index (Phi) is 4.03. The van der Waals surface area contributed by atoms with Crippen LogP contribution in [0.15, 0.2) is 58.1 Å². The summed E-state index contributed by atoms with van der Waals surface area (Å²) in [5, 5.41) is 9.05. The normalized spacial score (nSPS) is 20.8. The van der Waals surface area contributed by atoms with Gasteiger partial charge in [-0.3, -0.25) is 4.79 Å². The molecule has 1 N–H and O–H groups in total. The molecule has 4 rings (SSSR count). The van der Waals surface area contributed by atoms with Gasteiger partial charge in [-0.1, -0.05) is 40.2 Å². The molecule has 1 spiro atoms. The molecule has 0 aliphatic carbocycles. The molecule has 1 atom stereocenters. The summed E-state index contributed by atoms with van der Waals surface area (Å²) in [5.41, 5.74) is 1.32. The van der Waals surface area contributed by atoms with Gasteiger partial charge in [-0.25, -0.2) is 9.80 Å². The summed E-state index contributed by atoms with van der Waals surface area (Å²) in [7, 11) is 0. The van der Waals surface area contributed by atoms with Crippen molar-refractivity contribution in [3.05, 3.63) is 58.6 Å². The number of para-hydroxylation sites is 1. The summed E-state index contributed by atoms with van der Waals surface area (Å²) in [6.07, 6.45) is 0.141. The van der Waals surface area contributed by atoms with E-state index in [0.717, 1.165) is 15.7 Å². The molecule has 26 heavy (non-hydrogen) atoms. The highest BCUT2D eigenvalue weighted by atomic mass is 79.9. The fourth-order valence-electron chi connectivity index (χ4n) is 3.49. The zero-order chi connectivity index (χ0) is 18.3. The summed E-state index contributed by atoms with van der Waals surface area (Å²) in [5.74, 6) is -0.718. The monoisotopic (exact) mass is 413 g/mol. The lowest BCUT2D eigenvalue weighted by atomic mass is 9.86. The number of rotatable bonds is 3. The van der Waals surface area contributed by atoms with Gasteiger partial charge in [-0.2, -0.15) is 5.10 Å². The number of carbonyl (C=O) groups is 2. The largest absolute Gasteiger partial charge is 0.461 e. The summed E-state index contributed by atoms with van der Waals surface area (Å²) in [6.45, 7) is 2.00. The van der Waals surface area contributed by atoms with Gasteiger partial charge in [0.1, 0.15) is 5.71 Å². The molecule has 2 aliphatic heterocycles. The van der Waals surface area contributed by atoms with Gasteiger partial charge in [-0.05, 0) is 31.2 Å². The zero-order valence-corrected chi connectivity index (χ0v) is 15.6. The van der Waals surface area contributed by atoms with E-state index in [1.165, 1.54) is 0 Å². The minimum atomic E-state index is -1.13. The SMILES string of the molecule is CCOC(=O)C1=NN(c2ccccc2)[C@@]2(C1)C(=O)Nc1cccc(Br)c12. The Labute approximate surface area is 159 Å². The molecule has 7 heteroatoms. The molecule has 6 nitrogen and oxygen atoms in total. The number of ether oxygens (including phenoxy) is 1. The lowest BCUT2D eigenvalue weighted by molar-refractivity contribution is -0.135. The van der Waals surface area contributed by atoms with Crippen LogP contribution in [0.3, 0.4) is 0 Å². The quantitative estimate of drug-likeness (QED) is 0.782. The van der Waals surface area contributed by atoms with Crippen LogP contribution in [-0.4, -0.2) is 24.2 Å². The number of nitrogens with zero attached hydrogens (tertiary/aromatic N) is 2. The third kappa shape index (κ3) is 2.34. The molecule has 0 fully saturated rings. The second kappa shape index (κ2) is 6.25. The summed E-state index contributed by atoms with van der Waals surface area (Å²) < 4.78 is 5.91. The fourth-order valence-corrected chi connectivity index (χ4v) is 4.19. The van der Waals surface area contributed by atoms with Crippen LogP contribution in [-0.2, 0) is 19.9 Å². The molecule has 0 saturated carbocycles. The van der Waals surface area contributed by atoms with Crippen LogP contribution in [0.25, 0.3) is 0 Å². The van der Waals surface area contributed by atoms with Crippen LogP contribution in [0.5, 0.6) is 0 Å². The van der Waals surface area contributed by atoms with Crippen molar-refractivity contribution in [1.29, 1.82) is 0 Å². The average Bonchev–Trinajstić information content (AvgIpc) is 3.17. The Balaban J connectivity index is 1.91. The maximum absolute atomic E-state index is 13.1. The maximum atomic E-state index is 13.1. The minimum Gasteiger partial charge on any atom is -0.461 e. The van der Waals surface area contributed by atoms with Crippen molar-refractivity contribution in [3.8, 4) is 0 Å². The molecule has 2 aromatic carbocycles. The maximum Gasteiger partial charge on any atom is 0.354 e. The van der Waals surface area contributed by atoms with E-state index >= 15 is 0 Å². The third-order valence-electron chi connectivity index (χ3n) is 4.57. The van der Waals surface area contributed by atoms with E-state index in [1.807, 2.05) is 48.5 Å². The highest BCUT2D eigenvalue weighted by Crippen LogP contribution is 2.50. The Morgan fingerprint density at radius 3 is 2.77 bits per heavy atom. The van der Waals surface area contributed by atoms with Crippen LogP contribution in [0, 0.1) is 0 Å². The van der Waals surface area contributed by atoms with Crippen LogP contribution in [0.4, 0.5) is 11.4 Å². The molecular weight excluding hydrogens is 398 g/mol. The number of carbonyl (C=O) groups excluding carboxylic acids is 2. The van der Waals surface area contributed by atoms with Gasteiger partial charge in [0, 0.05) is 22.1 Å². The first kappa shape index (κ1) is 16.8. The van der Waals surface area contributed by atoms with E-state index in [2.05, 4.69) is 26.3 Å². The number of hydrogen-bond acceptors (Lipinski definition) is 5. The van der Waals surface area contributed by atoms with E-state index in [-0.39, 0.29) is 24.6 Å². The van der Waals surface area contributed by atoms with Gasteiger partial charge in [0.15, 0.2) is 5.54 Å². The van der Waals surface area contributed by atoms with Crippen molar-refractivity contribution in [2.75, 3.05) is 16.9 Å². The average molecular weight is 414 g/mol. The van der Waals surface area contributed by atoms with Crippen molar-refractivity contribution in [3.63, 3.8) is 0 Å². The summed E-state index contributed by atoms with van der Waals surface area (Å²) in [4.78, 5) is 25.5. The van der Waals surface area contributed by atoms with Gasteiger partial charge in [-0.15, -0.1) is 0 Å². The van der Waals surface area contributed by atoms with Gasteiger partial charge >= 0.3 is 5.97 Å². The number of hydrazone groups is 1. The Bertz CT molecular complexity index is 929. The lowest BCUT2D eigenvalue weighted by Crippen LogP contribution is -2.46. The smallest absolute Gasteiger partial charge is 0.354 e. The Morgan fingerprint density at radius 1 is 1.27 bits per heavy atom. The number of hydrogen-bond donors (Lipinski definition) is 1. The standard InChI is InChI=1S/C19H16BrN3O3/c1-2-26-17(24)15-11-19(23(22-15)12-7-4-3-5-8-12)16-13(20)9-6-10-14(16)21-18(19)25/h3-10H,2,11H2,1H3,(H,21,25)/t19-/m1/s1. The number of halogens is 1. The summed E-state index contributed by atoms with van der Waals surface area (Å²) >= 11 is 3.56. The van der Waals surface area contributed by atoms with Crippen LogP contribution >= 0.6 is 15.9 Å². The zero-order valence-electron chi connectivity index (χ0n) is 14.0. The molecule has 0 unspecified atom stereocenters. The third-order valence-corrected chi connectivity index (χ3v) is 5.23. The molecule has 0 saturated heterocycles. The number of benzene rings is 2. The number of anilines is 2.